The zero-order chi connectivity index (χ0) is 13.7. The molecule has 6 heteroatoms. The molecule has 1 atom stereocenters. The molecule has 19 heavy (non-hydrogen) atoms. The Labute approximate surface area is 120 Å². The Morgan fingerprint density at radius 3 is 3.00 bits per heavy atom. The lowest BCUT2D eigenvalue weighted by Crippen LogP contribution is -2.50. The lowest BCUT2D eigenvalue weighted by molar-refractivity contribution is -0.149. The number of rotatable bonds is 5. The van der Waals surface area contributed by atoms with Crippen LogP contribution in [0.3, 0.4) is 0 Å². The highest BCUT2D eigenvalue weighted by Gasteiger charge is 2.31. The third kappa shape index (κ3) is 3.98. The van der Waals surface area contributed by atoms with Gasteiger partial charge in [0.1, 0.15) is 6.04 Å². The van der Waals surface area contributed by atoms with Gasteiger partial charge in [-0.15, -0.1) is 11.3 Å². The molecule has 1 N–H and O–H groups in total. The fraction of sp³-hybridized carbons (Fsp3) is 0.538. The van der Waals surface area contributed by atoms with Crippen LogP contribution in [0.5, 0.6) is 0 Å². The Morgan fingerprint density at radius 1 is 1.47 bits per heavy atom. The highest BCUT2D eigenvalue weighted by molar-refractivity contribution is 7.99. The third-order valence-corrected chi connectivity index (χ3v) is 5.09. The Morgan fingerprint density at radius 2 is 2.32 bits per heavy atom. The summed E-state index contributed by atoms with van der Waals surface area (Å²) in [6, 6.07) is 3.42. The molecule has 104 valence electrons. The van der Waals surface area contributed by atoms with Crippen LogP contribution < -0.4 is 0 Å². The van der Waals surface area contributed by atoms with Gasteiger partial charge in [-0.25, -0.2) is 4.79 Å². The molecule has 0 bridgehead atoms. The van der Waals surface area contributed by atoms with E-state index in [1.165, 1.54) is 9.78 Å². The van der Waals surface area contributed by atoms with E-state index in [0.29, 0.717) is 18.7 Å². The second-order valence-electron chi connectivity index (χ2n) is 4.45. The quantitative estimate of drug-likeness (QED) is 0.904. The lowest BCUT2D eigenvalue weighted by Gasteiger charge is -2.32. The van der Waals surface area contributed by atoms with E-state index in [4.69, 9.17) is 5.11 Å². The molecule has 2 heterocycles. The van der Waals surface area contributed by atoms with E-state index in [1.54, 1.807) is 23.1 Å². The Kier molecular flexibility index (Phi) is 5.27. The van der Waals surface area contributed by atoms with Crippen molar-refractivity contribution in [3.63, 3.8) is 0 Å². The molecule has 1 fully saturated rings. The highest BCUT2D eigenvalue weighted by atomic mass is 32.2. The van der Waals surface area contributed by atoms with Gasteiger partial charge in [0.15, 0.2) is 0 Å². The standard InChI is InChI=1S/C13H17NO3S2/c15-12(5-1-3-10-4-2-7-19-10)14-6-8-18-9-11(14)13(16)17/h2,4,7,11H,1,3,5-6,8-9H2,(H,16,17). The third-order valence-electron chi connectivity index (χ3n) is 3.13. The number of hydrogen-bond donors (Lipinski definition) is 1. The van der Waals surface area contributed by atoms with Gasteiger partial charge in [-0.1, -0.05) is 6.07 Å². The van der Waals surface area contributed by atoms with Crippen molar-refractivity contribution in [2.75, 3.05) is 18.1 Å². The van der Waals surface area contributed by atoms with Crippen LogP contribution in [0.2, 0.25) is 0 Å². The predicted octanol–water partition coefficient (Wildman–Crippen LogP) is 2.10. The number of carbonyl (C=O) groups excluding carboxylic acids is 1. The SMILES string of the molecule is O=C(O)C1CSCCN1C(=O)CCCc1cccs1. The van der Waals surface area contributed by atoms with Crippen molar-refractivity contribution in [3.8, 4) is 0 Å². The molecule has 0 spiro atoms. The maximum absolute atomic E-state index is 12.1. The van der Waals surface area contributed by atoms with Gasteiger partial charge in [-0.05, 0) is 24.3 Å². The van der Waals surface area contributed by atoms with Gasteiger partial charge in [-0.2, -0.15) is 11.8 Å². The van der Waals surface area contributed by atoms with Crippen molar-refractivity contribution in [2.24, 2.45) is 0 Å². The van der Waals surface area contributed by atoms with E-state index in [0.717, 1.165) is 18.6 Å². The second kappa shape index (κ2) is 6.96. The molecular weight excluding hydrogens is 282 g/mol. The van der Waals surface area contributed by atoms with Crippen molar-refractivity contribution >= 4 is 35.0 Å². The summed E-state index contributed by atoms with van der Waals surface area (Å²) >= 11 is 3.29. The van der Waals surface area contributed by atoms with E-state index in [1.807, 2.05) is 11.4 Å². The number of thioether (sulfide) groups is 1. The zero-order valence-corrected chi connectivity index (χ0v) is 12.2. The number of carboxylic acids is 1. The number of amides is 1. The molecule has 1 aliphatic rings. The molecule has 1 saturated heterocycles. The number of thiophene rings is 1. The zero-order valence-electron chi connectivity index (χ0n) is 10.6. The molecule has 2 rings (SSSR count). The summed E-state index contributed by atoms with van der Waals surface area (Å²) in [7, 11) is 0. The molecule has 4 nitrogen and oxygen atoms in total. The van der Waals surface area contributed by atoms with Gasteiger partial charge in [0.2, 0.25) is 5.91 Å². The van der Waals surface area contributed by atoms with E-state index >= 15 is 0 Å². The Bertz CT molecular complexity index is 433. The molecule has 1 amide bonds. The monoisotopic (exact) mass is 299 g/mol. The smallest absolute Gasteiger partial charge is 0.327 e. The van der Waals surface area contributed by atoms with E-state index in [-0.39, 0.29) is 5.91 Å². The van der Waals surface area contributed by atoms with Gasteiger partial charge in [0.25, 0.3) is 0 Å². The Hall–Kier alpha value is -1.01. The van der Waals surface area contributed by atoms with E-state index < -0.39 is 12.0 Å². The van der Waals surface area contributed by atoms with Crippen LogP contribution in [0.15, 0.2) is 17.5 Å². The summed E-state index contributed by atoms with van der Waals surface area (Å²) in [6.45, 7) is 0.555. The number of carboxylic acid groups (broad SMARTS) is 1. The number of aliphatic carboxylic acids is 1. The minimum atomic E-state index is -0.890. The van der Waals surface area contributed by atoms with Gasteiger partial charge in [-0.3, -0.25) is 4.79 Å². The van der Waals surface area contributed by atoms with Gasteiger partial charge in [0, 0.05) is 29.3 Å². The van der Waals surface area contributed by atoms with Crippen LogP contribution >= 0.6 is 23.1 Å². The van der Waals surface area contributed by atoms with Crippen LogP contribution in [-0.4, -0.2) is 46.0 Å². The summed E-state index contributed by atoms with van der Waals surface area (Å²) in [6.07, 6.45) is 2.12. The van der Waals surface area contributed by atoms with Crippen LogP contribution in [0.25, 0.3) is 0 Å². The molecule has 0 saturated carbocycles. The normalized spacial score (nSPS) is 19.4. The summed E-state index contributed by atoms with van der Waals surface area (Å²) in [5.41, 5.74) is 0. The molecule has 0 radical (unpaired) electrons. The predicted molar refractivity (Wildman–Crippen MR) is 77.7 cm³/mol. The maximum atomic E-state index is 12.1. The van der Waals surface area contributed by atoms with Gasteiger partial charge in [0.05, 0.1) is 0 Å². The first kappa shape index (κ1) is 14.4. The summed E-state index contributed by atoms with van der Waals surface area (Å²) in [5, 5.41) is 11.2. The molecule has 1 aliphatic heterocycles. The van der Waals surface area contributed by atoms with Gasteiger partial charge < -0.3 is 10.0 Å². The number of hydrogen-bond acceptors (Lipinski definition) is 4. The van der Waals surface area contributed by atoms with Crippen molar-refractivity contribution in [2.45, 2.75) is 25.3 Å². The van der Waals surface area contributed by atoms with Crippen LogP contribution in [0, 0.1) is 0 Å². The fourth-order valence-corrected chi connectivity index (χ4v) is 3.91. The molecule has 1 aromatic heterocycles. The number of nitrogens with zero attached hydrogens (tertiary/aromatic N) is 1. The molecular formula is C13H17NO3S2. The largest absolute Gasteiger partial charge is 0.480 e. The lowest BCUT2D eigenvalue weighted by atomic mass is 10.1. The van der Waals surface area contributed by atoms with Crippen molar-refractivity contribution in [1.29, 1.82) is 0 Å². The average molecular weight is 299 g/mol. The first-order valence-corrected chi connectivity index (χ1v) is 8.34. The average Bonchev–Trinajstić information content (AvgIpc) is 2.91. The van der Waals surface area contributed by atoms with Crippen molar-refractivity contribution < 1.29 is 14.7 Å². The van der Waals surface area contributed by atoms with E-state index in [2.05, 4.69) is 6.07 Å². The minimum Gasteiger partial charge on any atom is -0.480 e. The minimum absolute atomic E-state index is 0.0238. The molecule has 0 aliphatic carbocycles. The molecule has 0 aromatic carbocycles. The first-order chi connectivity index (χ1) is 9.18. The van der Waals surface area contributed by atoms with Crippen LogP contribution in [-0.2, 0) is 16.0 Å². The van der Waals surface area contributed by atoms with Crippen molar-refractivity contribution in [3.05, 3.63) is 22.4 Å². The fourth-order valence-electron chi connectivity index (χ4n) is 2.12. The molecule has 1 aromatic rings. The van der Waals surface area contributed by atoms with E-state index in [9.17, 15) is 9.59 Å². The number of aryl methyl sites for hydroxylation is 1. The first-order valence-electron chi connectivity index (χ1n) is 6.31. The van der Waals surface area contributed by atoms with Crippen molar-refractivity contribution in [1.82, 2.24) is 4.90 Å². The van der Waals surface area contributed by atoms with Crippen LogP contribution in [0.4, 0.5) is 0 Å². The topological polar surface area (TPSA) is 57.6 Å². The summed E-state index contributed by atoms with van der Waals surface area (Å²) in [5.74, 6) is 0.426. The van der Waals surface area contributed by atoms with Crippen LogP contribution in [0.1, 0.15) is 17.7 Å². The molecule has 1 unspecified atom stereocenters. The van der Waals surface area contributed by atoms with Gasteiger partial charge >= 0.3 is 5.97 Å². The highest BCUT2D eigenvalue weighted by Crippen LogP contribution is 2.19. The maximum Gasteiger partial charge on any atom is 0.327 e. The summed E-state index contributed by atoms with van der Waals surface area (Å²) < 4.78 is 0. The Balaban J connectivity index is 1.82. The number of carbonyl (C=O) groups is 2. The summed E-state index contributed by atoms with van der Waals surface area (Å²) in [4.78, 5) is 26.0. The second-order valence-corrected chi connectivity index (χ2v) is 6.63.